The number of nitrogens with zero attached hydrogens (tertiary/aromatic N) is 2. The SMILES string of the molecule is CC1=NC(=C2C=C(C(C)(C)C)C(=O)C(C(C)(C)C)=C2)N=C1c1ccc2ccccc2c1. The number of fused-ring (bicyclic) bond motifs is 1. The first-order valence-electron chi connectivity index (χ1n) is 10.8. The van der Waals surface area contributed by atoms with Gasteiger partial charge in [0.25, 0.3) is 0 Å². The molecule has 3 nitrogen and oxygen atoms in total. The second-order valence-corrected chi connectivity index (χ2v) is 10.4. The quantitative estimate of drug-likeness (QED) is 0.507. The number of allylic oxidation sites excluding steroid dienone is 5. The smallest absolute Gasteiger partial charge is 0.186 e. The summed E-state index contributed by atoms with van der Waals surface area (Å²) in [6, 6.07) is 14.7. The predicted octanol–water partition coefficient (Wildman–Crippen LogP) is 6.84. The Balaban J connectivity index is 1.87. The molecule has 4 rings (SSSR count). The molecule has 2 aliphatic rings. The average molecular weight is 411 g/mol. The van der Waals surface area contributed by atoms with Crippen LogP contribution < -0.4 is 0 Å². The van der Waals surface area contributed by atoms with Crippen molar-refractivity contribution in [2.45, 2.75) is 48.5 Å². The van der Waals surface area contributed by atoms with Gasteiger partial charge >= 0.3 is 0 Å². The van der Waals surface area contributed by atoms with E-state index in [2.05, 4.69) is 71.9 Å². The summed E-state index contributed by atoms with van der Waals surface area (Å²) in [5.41, 5.74) is 4.86. The summed E-state index contributed by atoms with van der Waals surface area (Å²) in [4.78, 5) is 22.9. The molecule has 0 unspecified atom stereocenters. The van der Waals surface area contributed by atoms with E-state index in [-0.39, 0.29) is 16.6 Å². The van der Waals surface area contributed by atoms with E-state index in [9.17, 15) is 4.79 Å². The molecule has 0 aromatic heterocycles. The van der Waals surface area contributed by atoms with E-state index in [4.69, 9.17) is 9.98 Å². The zero-order valence-corrected chi connectivity index (χ0v) is 19.5. The van der Waals surface area contributed by atoms with E-state index in [1.165, 1.54) is 10.8 Å². The van der Waals surface area contributed by atoms with Crippen LogP contribution in [0.4, 0.5) is 0 Å². The van der Waals surface area contributed by atoms with Crippen molar-refractivity contribution >= 4 is 28.0 Å². The Morgan fingerprint density at radius 2 is 1.32 bits per heavy atom. The van der Waals surface area contributed by atoms with Crippen LogP contribution in [0.1, 0.15) is 54.0 Å². The summed E-state index contributed by atoms with van der Waals surface area (Å²) < 4.78 is 0. The van der Waals surface area contributed by atoms with Crippen LogP contribution in [0.15, 0.2) is 87.1 Å². The van der Waals surface area contributed by atoms with Gasteiger partial charge in [0.15, 0.2) is 11.6 Å². The third kappa shape index (κ3) is 3.97. The summed E-state index contributed by atoms with van der Waals surface area (Å²) >= 11 is 0. The molecule has 3 heteroatoms. The van der Waals surface area contributed by atoms with Gasteiger partial charge in [0.05, 0.1) is 11.4 Å². The Hall–Kier alpha value is -3.07. The molecule has 0 bridgehead atoms. The van der Waals surface area contributed by atoms with Crippen molar-refractivity contribution in [3.63, 3.8) is 0 Å². The Labute approximate surface area is 185 Å². The van der Waals surface area contributed by atoms with Crippen LogP contribution in [-0.2, 0) is 4.79 Å². The Morgan fingerprint density at radius 1 is 0.742 bits per heavy atom. The molecule has 0 atom stereocenters. The van der Waals surface area contributed by atoms with Crippen LogP contribution in [0.5, 0.6) is 0 Å². The Morgan fingerprint density at radius 3 is 1.90 bits per heavy atom. The number of carbonyl (C=O) groups excluding carboxylic acids is 1. The van der Waals surface area contributed by atoms with E-state index in [0.29, 0.717) is 5.82 Å². The van der Waals surface area contributed by atoms with Gasteiger partial charge in [-0.1, -0.05) is 77.9 Å². The van der Waals surface area contributed by atoms with E-state index < -0.39 is 0 Å². The minimum Gasteiger partial charge on any atom is -0.289 e. The van der Waals surface area contributed by atoms with Crippen molar-refractivity contribution in [3.05, 3.63) is 82.7 Å². The van der Waals surface area contributed by atoms with Gasteiger partial charge in [-0.15, -0.1) is 0 Å². The second kappa shape index (κ2) is 7.26. The number of aliphatic imine (C=N–C) groups is 2. The number of hydrogen-bond donors (Lipinski definition) is 0. The number of benzene rings is 2. The van der Waals surface area contributed by atoms with E-state index >= 15 is 0 Å². The monoisotopic (exact) mass is 410 g/mol. The molecular formula is C28H30N2O. The highest BCUT2D eigenvalue weighted by Gasteiger charge is 2.35. The zero-order valence-electron chi connectivity index (χ0n) is 19.5. The van der Waals surface area contributed by atoms with Gasteiger partial charge in [0.2, 0.25) is 0 Å². The Bertz CT molecular complexity index is 1220. The number of ketones is 1. The maximum atomic E-state index is 13.2. The molecule has 0 spiro atoms. The molecule has 2 aromatic carbocycles. The summed E-state index contributed by atoms with van der Waals surface area (Å²) in [6.45, 7) is 14.5. The van der Waals surface area contributed by atoms with Gasteiger partial charge in [-0.3, -0.25) is 4.79 Å². The predicted molar refractivity (Wildman–Crippen MR) is 131 cm³/mol. The van der Waals surface area contributed by atoms with Crippen LogP contribution in [0.2, 0.25) is 0 Å². The van der Waals surface area contributed by atoms with E-state index in [1.54, 1.807) is 0 Å². The van der Waals surface area contributed by atoms with Crippen molar-refractivity contribution in [1.29, 1.82) is 0 Å². The maximum Gasteiger partial charge on any atom is 0.186 e. The molecule has 0 saturated carbocycles. The van der Waals surface area contributed by atoms with Crippen molar-refractivity contribution in [3.8, 4) is 0 Å². The number of hydrogen-bond acceptors (Lipinski definition) is 3. The molecule has 0 amide bonds. The highest BCUT2D eigenvalue weighted by molar-refractivity contribution is 6.49. The summed E-state index contributed by atoms with van der Waals surface area (Å²) in [5, 5.41) is 2.39. The topological polar surface area (TPSA) is 41.8 Å². The van der Waals surface area contributed by atoms with Crippen LogP contribution >= 0.6 is 0 Å². The van der Waals surface area contributed by atoms with Crippen LogP contribution in [0, 0.1) is 10.8 Å². The summed E-state index contributed by atoms with van der Waals surface area (Å²) in [5.74, 6) is 0.804. The van der Waals surface area contributed by atoms with Crippen LogP contribution in [0.3, 0.4) is 0 Å². The largest absolute Gasteiger partial charge is 0.289 e. The van der Waals surface area contributed by atoms with Gasteiger partial charge in [-0.25, -0.2) is 9.98 Å². The normalized spacial score (nSPS) is 17.6. The maximum absolute atomic E-state index is 13.2. The van der Waals surface area contributed by atoms with Crippen LogP contribution in [-0.4, -0.2) is 17.2 Å². The number of carbonyl (C=O) groups is 1. The lowest BCUT2D eigenvalue weighted by atomic mass is 9.72. The number of rotatable bonds is 1. The molecule has 0 radical (unpaired) electrons. The fourth-order valence-corrected chi connectivity index (χ4v) is 4.03. The molecule has 158 valence electrons. The van der Waals surface area contributed by atoms with Gasteiger partial charge in [0.1, 0.15) is 0 Å². The first kappa shape index (κ1) is 21.2. The van der Waals surface area contributed by atoms with Gasteiger partial charge in [0, 0.05) is 22.3 Å². The average Bonchev–Trinajstić information content (AvgIpc) is 3.07. The summed E-state index contributed by atoms with van der Waals surface area (Å²) in [6.07, 6.45) is 3.97. The highest BCUT2D eigenvalue weighted by atomic mass is 16.1. The lowest BCUT2D eigenvalue weighted by Crippen LogP contribution is -2.28. The molecule has 31 heavy (non-hydrogen) atoms. The minimum absolute atomic E-state index is 0.127. The van der Waals surface area contributed by atoms with Gasteiger partial charge in [-0.2, -0.15) is 0 Å². The van der Waals surface area contributed by atoms with Crippen LogP contribution in [0.25, 0.3) is 10.8 Å². The second-order valence-electron chi connectivity index (χ2n) is 10.4. The Kier molecular flexibility index (Phi) is 4.96. The lowest BCUT2D eigenvalue weighted by molar-refractivity contribution is -0.114. The molecular weight excluding hydrogens is 380 g/mol. The zero-order chi connectivity index (χ0) is 22.6. The molecule has 2 aromatic rings. The molecule has 1 heterocycles. The molecule has 1 aliphatic heterocycles. The van der Waals surface area contributed by atoms with E-state index in [0.717, 1.165) is 33.7 Å². The fourth-order valence-electron chi connectivity index (χ4n) is 4.03. The third-order valence-corrected chi connectivity index (χ3v) is 5.82. The molecule has 0 N–H and O–H groups in total. The molecule has 0 fully saturated rings. The van der Waals surface area contributed by atoms with Gasteiger partial charge < -0.3 is 0 Å². The van der Waals surface area contributed by atoms with E-state index in [1.807, 2.05) is 31.2 Å². The van der Waals surface area contributed by atoms with Crippen molar-refractivity contribution < 1.29 is 4.79 Å². The highest BCUT2D eigenvalue weighted by Crippen LogP contribution is 2.40. The van der Waals surface area contributed by atoms with Crippen molar-refractivity contribution in [1.82, 2.24) is 0 Å². The van der Waals surface area contributed by atoms with Gasteiger partial charge in [-0.05, 0) is 46.7 Å². The summed E-state index contributed by atoms with van der Waals surface area (Å²) in [7, 11) is 0. The lowest BCUT2D eigenvalue weighted by Gasteiger charge is -2.31. The molecule has 0 saturated heterocycles. The molecule has 1 aliphatic carbocycles. The third-order valence-electron chi connectivity index (χ3n) is 5.82. The van der Waals surface area contributed by atoms with Crippen molar-refractivity contribution in [2.75, 3.05) is 0 Å². The standard InChI is InChI=1S/C28H30N2O/c1-17-24(20-13-12-18-10-8-9-11-19(18)14-20)30-26(29-17)21-15-22(27(2,3)4)25(31)23(16-21)28(5,6)7/h8-16H,1-7H3. The first-order valence-corrected chi connectivity index (χ1v) is 10.8. The fraction of sp³-hybridized carbons (Fsp3) is 0.321. The first-order chi connectivity index (χ1) is 14.4. The van der Waals surface area contributed by atoms with Crippen molar-refractivity contribution in [2.24, 2.45) is 20.8 Å². The minimum atomic E-state index is -0.254. The number of Topliss-reactive ketones (excluding diaryl/α,β-unsaturated/α-hetero) is 1.